The summed E-state index contributed by atoms with van der Waals surface area (Å²) < 4.78 is 0. The van der Waals surface area contributed by atoms with Gasteiger partial charge in [-0.2, -0.15) is 0 Å². The summed E-state index contributed by atoms with van der Waals surface area (Å²) in [6.45, 7) is 0.980. The van der Waals surface area contributed by atoms with Gasteiger partial charge in [-0.15, -0.1) is 0 Å². The predicted molar refractivity (Wildman–Crippen MR) is 104 cm³/mol. The highest BCUT2D eigenvalue weighted by molar-refractivity contribution is 6.30. The molecule has 2 aromatic carbocycles. The number of halogens is 1. The van der Waals surface area contributed by atoms with Crippen molar-refractivity contribution in [3.8, 4) is 0 Å². The first kappa shape index (κ1) is 18.7. The highest BCUT2D eigenvalue weighted by atomic mass is 35.5. The minimum Gasteiger partial charge on any atom is -0.376 e. The Morgan fingerprint density at radius 2 is 1.85 bits per heavy atom. The molecule has 1 aliphatic heterocycles. The molecule has 3 N–H and O–H groups in total. The topological polar surface area (TPSA) is 90.5 Å². The van der Waals surface area contributed by atoms with Crippen LogP contribution in [-0.4, -0.2) is 48.8 Å². The van der Waals surface area contributed by atoms with Crippen LogP contribution in [0.25, 0.3) is 0 Å². The van der Waals surface area contributed by atoms with E-state index in [1.54, 1.807) is 48.5 Å². The Bertz CT molecular complexity index is 854. The van der Waals surface area contributed by atoms with Crippen LogP contribution in [0.15, 0.2) is 48.5 Å². The lowest BCUT2D eigenvalue weighted by molar-refractivity contribution is -0.136. The number of piperazine rings is 1. The van der Waals surface area contributed by atoms with Crippen molar-refractivity contribution < 1.29 is 14.4 Å². The van der Waals surface area contributed by atoms with Gasteiger partial charge in [-0.25, -0.2) is 0 Å². The number of nitrogens with one attached hydrogen (secondary N) is 3. The predicted octanol–water partition coefficient (Wildman–Crippen LogP) is 1.96. The fourth-order valence-electron chi connectivity index (χ4n) is 2.70. The fraction of sp³-hybridized carbons (Fsp3) is 0.211. The zero-order valence-electron chi connectivity index (χ0n) is 14.5. The summed E-state index contributed by atoms with van der Waals surface area (Å²) in [4.78, 5) is 37.8. The molecular formula is C19H19ClN4O3. The summed E-state index contributed by atoms with van der Waals surface area (Å²) in [6, 6.07) is 13.7. The molecule has 8 heteroatoms. The molecule has 0 radical (unpaired) electrons. The van der Waals surface area contributed by atoms with Crippen molar-refractivity contribution in [3.63, 3.8) is 0 Å². The summed E-state index contributed by atoms with van der Waals surface area (Å²) >= 11 is 5.85. The van der Waals surface area contributed by atoms with Gasteiger partial charge in [0.1, 0.15) is 0 Å². The van der Waals surface area contributed by atoms with E-state index in [4.69, 9.17) is 11.6 Å². The van der Waals surface area contributed by atoms with Gasteiger partial charge in [0.2, 0.25) is 11.8 Å². The van der Waals surface area contributed by atoms with Gasteiger partial charge in [-0.05, 0) is 36.4 Å². The standard InChI is InChI=1S/C19H19ClN4O3/c20-13-5-7-14(8-6-13)23-19(27)15-3-1-2-4-16(15)22-11-18(26)24-10-9-21-17(25)12-24/h1-8,22H,9-12H2,(H,21,25)(H,23,27). The zero-order valence-corrected chi connectivity index (χ0v) is 15.3. The average Bonchev–Trinajstić information content (AvgIpc) is 2.68. The van der Waals surface area contributed by atoms with Gasteiger partial charge in [0.05, 0.1) is 18.7 Å². The second kappa shape index (κ2) is 8.55. The second-order valence-corrected chi connectivity index (χ2v) is 6.46. The van der Waals surface area contributed by atoms with Crippen LogP contribution in [0.5, 0.6) is 0 Å². The molecule has 1 saturated heterocycles. The third-order valence-corrected chi connectivity index (χ3v) is 4.35. The van der Waals surface area contributed by atoms with Crippen molar-refractivity contribution in [3.05, 3.63) is 59.1 Å². The molecule has 3 amide bonds. The van der Waals surface area contributed by atoms with E-state index in [9.17, 15) is 14.4 Å². The number of para-hydroxylation sites is 1. The number of nitrogens with zero attached hydrogens (tertiary/aromatic N) is 1. The first-order valence-electron chi connectivity index (χ1n) is 8.47. The molecule has 0 atom stereocenters. The maximum Gasteiger partial charge on any atom is 0.257 e. The summed E-state index contributed by atoms with van der Waals surface area (Å²) in [5, 5.41) is 9.05. The molecule has 3 rings (SSSR count). The van der Waals surface area contributed by atoms with Gasteiger partial charge >= 0.3 is 0 Å². The van der Waals surface area contributed by atoms with Crippen LogP contribution in [0.1, 0.15) is 10.4 Å². The van der Waals surface area contributed by atoms with Crippen molar-refractivity contribution in [1.82, 2.24) is 10.2 Å². The van der Waals surface area contributed by atoms with Crippen molar-refractivity contribution in [1.29, 1.82) is 0 Å². The molecule has 1 aliphatic rings. The number of amides is 3. The Labute approximate surface area is 161 Å². The van der Waals surface area contributed by atoms with Gasteiger partial charge in [-0.3, -0.25) is 14.4 Å². The molecule has 0 saturated carbocycles. The van der Waals surface area contributed by atoms with E-state index in [2.05, 4.69) is 16.0 Å². The number of hydrogen-bond donors (Lipinski definition) is 3. The smallest absolute Gasteiger partial charge is 0.257 e. The van der Waals surface area contributed by atoms with E-state index in [1.165, 1.54) is 4.90 Å². The minimum absolute atomic E-state index is 0.00147. The lowest BCUT2D eigenvalue weighted by atomic mass is 10.1. The highest BCUT2D eigenvalue weighted by Gasteiger charge is 2.21. The van der Waals surface area contributed by atoms with E-state index in [1.807, 2.05) is 0 Å². The lowest BCUT2D eigenvalue weighted by Crippen LogP contribution is -2.51. The molecule has 1 heterocycles. The molecule has 7 nitrogen and oxygen atoms in total. The number of benzene rings is 2. The van der Waals surface area contributed by atoms with E-state index in [0.717, 1.165) is 0 Å². The van der Waals surface area contributed by atoms with Gasteiger partial charge < -0.3 is 20.9 Å². The van der Waals surface area contributed by atoms with Gasteiger partial charge in [0.25, 0.3) is 5.91 Å². The van der Waals surface area contributed by atoms with Gasteiger partial charge in [0.15, 0.2) is 0 Å². The first-order valence-corrected chi connectivity index (χ1v) is 8.85. The van der Waals surface area contributed by atoms with Crippen molar-refractivity contribution in [2.24, 2.45) is 0 Å². The monoisotopic (exact) mass is 386 g/mol. The van der Waals surface area contributed by atoms with Crippen LogP contribution in [0, 0.1) is 0 Å². The quantitative estimate of drug-likeness (QED) is 0.732. The summed E-state index contributed by atoms with van der Waals surface area (Å²) in [7, 11) is 0. The van der Waals surface area contributed by atoms with Crippen LogP contribution in [0.2, 0.25) is 5.02 Å². The largest absolute Gasteiger partial charge is 0.376 e. The van der Waals surface area contributed by atoms with Crippen LogP contribution in [-0.2, 0) is 9.59 Å². The number of rotatable bonds is 5. The third kappa shape index (κ3) is 4.98. The summed E-state index contributed by atoms with van der Waals surface area (Å²) in [5.74, 6) is -0.666. The van der Waals surface area contributed by atoms with Crippen LogP contribution < -0.4 is 16.0 Å². The molecule has 1 fully saturated rings. The van der Waals surface area contributed by atoms with Crippen LogP contribution in [0.4, 0.5) is 11.4 Å². The average molecular weight is 387 g/mol. The van der Waals surface area contributed by atoms with Crippen molar-refractivity contribution >= 4 is 40.7 Å². The third-order valence-electron chi connectivity index (χ3n) is 4.09. The zero-order chi connectivity index (χ0) is 19.2. The second-order valence-electron chi connectivity index (χ2n) is 6.03. The van der Waals surface area contributed by atoms with E-state index in [-0.39, 0.29) is 30.8 Å². The Kier molecular flexibility index (Phi) is 5.93. The number of anilines is 2. The van der Waals surface area contributed by atoms with Crippen LogP contribution in [0.3, 0.4) is 0 Å². The van der Waals surface area contributed by atoms with Gasteiger partial charge in [0, 0.05) is 29.5 Å². The molecule has 0 bridgehead atoms. The molecular weight excluding hydrogens is 368 g/mol. The van der Waals surface area contributed by atoms with Crippen molar-refractivity contribution in [2.45, 2.75) is 0 Å². The lowest BCUT2D eigenvalue weighted by Gasteiger charge is -2.27. The summed E-state index contributed by atoms with van der Waals surface area (Å²) in [6.07, 6.45) is 0. The Morgan fingerprint density at radius 1 is 1.11 bits per heavy atom. The van der Waals surface area contributed by atoms with Crippen LogP contribution >= 0.6 is 11.6 Å². The molecule has 0 aliphatic carbocycles. The number of carbonyl (C=O) groups is 3. The SMILES string of the molecule is O=C1CN(C(=O)CNc2ccccc2C(=O)Nc2ccc(Cl)cc2)CCN1. The maximum absolute atomic E-state index is 12.6. The molecule has 0 unspecified atom stereocenters. The number of hydrogen-bond acceptors (Lipinski definition) is 4. The van der Waals surface area contributed by atoms with E-state index in [0.29, 0.717) is 35.1 Å². The summed E-state index contributed by atoms with van der Waals surface area (Å²) in [5.41, 5.74) is 1.57. The Balaban J connectivity index is 1.64. The maximum atomic E-state index is 12.6. The molecule has 0 spiro atoms. The fourth-order valence-corrected chi connectivity index (χ4v) is 2.83. The molecule has 27 heavy (non-hydrogen) atoms. The minimum atomic E-state index is -0.301. The van der Waals surface area contributed by atoms with E-state index >= 15 is 0 Å². The Hall–Kier alpha value is -3.06. The highest BCUT2D eigenvalue weighted by Crippen LogP contribution is 2.19. The normalized spacial score (nSPS) is 13.7. The van der Waals surface area contributed by atoms with Crippen molar-refractivity contribution in [2.75, 3.05) is 36.8 Å². The molecule has 0 aromatic heterocycles. The Morgan fingerprint density at radius 3 is 2.59 bits per heavy atom. The molecule has 2 aromatic rings. The van der Waals surface area contributed by atoms with Gasteiger partial charge in [-0.1, -0.05) is 23.7 Å². The first-order chi connectivity index (χ1) is 13.0. The number of carbonyl (C=O) groups excluding carboxylic acids is 3. The van der Waals surface area contributed by atoms with E-state index < -0.39 is 0 Å². The molecule has 140 valence electrons.